The van der Waals surface area contributed by atoms with E-state index in [1.165, 1.54) is 0 Å². The second-order valence-electron chi connectivity index (χ2n) is 23.1. The molecule has 0 unspecified atom stereocenters. The van der Waals surface area contributed by atoms with E-state index in [4.69, 9.17) is 28.4 Å². The maximum Gasteiger partial charge on any atom is 0.187 e. The van der Waals surface area contributed by atoms with Crippen LogP contribution in [0.25, 0.3) is 0 Å². The number of hydrogen-bond donors (Lipinski definition) is 13. The Morgan fingerprint density at radius 3 is 1.75 bits per heavy atom. The van der Waals surface area contributed by atoms with Crippen molar-refractivity contribution in [2.24, 2.45) is 45.3 Å². The van der Waals surface area contributed by atoms with Crippen LogP contribution in [-0.2, 0) is 28.4 Å². The Labute approximate surface area is 393 Å². The number of rotatable bonds is 13. The third kappa shape index (κ3) is 9.03. The summed E-state index contributed by atoms with van der Waals surface area (Å²) < 4.78 is 37.9. The van der Waals surface area contributed by atoms with Crippen molar-refractivity contribution in [1.82, 2.24) is 0 Å². The van der Waals surface area contributed by atoms with Crippen molar-refractivity contribution >= 4 is 0 Å². The summed E-state index contributed by atoms with van der Waals surface area (Å²) in [5.41, 5.74) is -2.56. The Bertz CT molecular complexity index is 1710. The van der Waals surface area contributed by atoms with Crippen molar-refractivity contribution < 1.29 is 94.8 Å². The van der Waals surface area contributed by atoms with Gasteiger partial charge in [0.05, 0.1) is 43.7 Å². The summed E-state index contributed by atoms with van der Waals surface area (Å²) in [5, 5.41) is 142. The molecule has 7 fully saturated rings. The van der Waals surface area contributed by atoms with Gasteiger partial charge in [-0.05, 0) is 117 Å². The van der Waals surface area contributed by atoms with Crippen LogP contribution in [0.15, 0.2) is 11.6 Å². The Morgan fingerprint density at radius 2 is 1.18 bits per heavy atom. The lowest BCUT2D eigenvalue weighted by atomic mass is 9.34. The summed E-state index contributed by atoms with van der Waals surface area (Å²) in [6, 6.07) is 0. The molecule has 0 aromatic heterocycles. The van der Waals surface area contributed by atoms with Gasteiger partial charge in [0.2, 0.25) is 0 Å². The van der Waals surface area contributed by atoms with Gasteiger partial charge in [-0.2, -0.15) is 0 Å². The molecule has 19 nitrogen and oxygen atoms in total. The molecule has 388 valence electrons. The van der Waals surface area contributed by atoms with Crippen molar-refractivity contribution in [1.29, 1.82) is 0 Å². The molecule has 4 saturated carbocycles. The van der Waals surface area contributed by atoms with Gasteiger partial charge >= 0.3 is 0 Å². The molecular formula is C48H82O19. The second-order valence-corrected chi connectivity index (χ2v) is 23.1. The fraction of sp³-hybridized carbons (Fsp3) is 0.958. The standard InChI is InChI=1S/C48H82O19/c1-21(2)10-9-13-48(8,67-42-38(61)35(58)32(55)26(19-50)64-42)22-11-15-46(6)30(22)23(52)16-28-45(5)14-12-29(53)44(3,4)40(45)24(17-47(28,46)7)62-43-39(36(59)33(56)27(20-51)65-43)66-41-37(60)34(57)31(54)25(18-49)63-41/h10,22-43,49-61H,9,11-20H2,1-8H3/t22-,23+,24-,25+,26+,27+,28+,29-,30-,31+,32+,33+,34-,35-,36-,37+,38+,39-,40-,41+,42-,43+,45+,46+,47+,48-/m1/s1. The zero-order valence-electron chi connectivity index (χ0n) is 40.3. The molecule has 3 saturated heterocycles. The predicted molar refractivity (Wildman–Crippen MR) is 235 cm³/mol. The number of hydrogen-bond acceptors (Lipinski definition) is 19. The number of fused-ring (bicyclic) bond motifs is 5. The summed E-state index contributed by atoms with van der Waals surface area (Å²) >= 11 is 0. The molecule has 0 amide bonds. The molecule has 7 aliphatic rings. The van der Waals surface area contributed by atoms with Gasteiger partial charge in [0, 0.05) is 0 Å². The molecule has 3 heterocycles. The first-order chi connectivity index (χ1) is 31.3. The van der Waals surface area contributed by atoms with Gasteiger partial charge in [-0.3, -0.25) is 0 Å². The van der Waals surface area contributed by atoms with Crippen LogP contribution in [0.1, 0.15) is 107 Å². The summed E-state index contributed by atoms with van der Waals surface area (Å²) in [7, 11) is 0. The smallest absolute Gasteiger partial charge is 0.187 e. The molecule has 3 aliphatic heterocycles. The average molecular weight is 963 g/mol. The molecule has 0 spiro atoms. The van der Waals surface area contributed by atoms with E-state index in [0.29, 0.717) is 51.4 Å². The zero-order valence-corrected chi connectivity index (χ0v) is 40.3. The fourth-order valence-electron chi connectivity index (χ4n) is 14.9. The molecule has 19 heteroatoms. The Kier molecular flexibility index (Phi) is 15.9. The minimum Gasteiger partial charge on any atom is -0.394 e. The minimum atomic E-state index is -1.86. The van der Waals surface area contributed by atoms with Gasteiger partial charge in [-0.1, -0.05) is 46.3 Å². The largest absolute Gasteiger partial charge is 0.394 e. The van der Waals surface area contributed by atoms with Crippen LogP contribution in [0.3, 0.4) is 0 Å². The molecule has 7 rings (SSSR count). The minimum absolute atomic E-state index is 0.110. The van der Waals surface area contributed by atoms with Crippen molar-refractivity contribution in [3.63, 3.8) is 0 Å². The predicted octanol–water partition coefficient (Wildman–Crippen LogP) is -1.06. The van der Waals surface area contributed by atoms with E-state index in [1.54, 1.807) is 0 Å². The molecule has 4 aliphatic carbocycles. The van der Waals surface area contributed by atoms with Gasteiger partial charge in [0.15, 0.2) is 18.9 Å². The van der Waals surface area contributed by atoms with Crippen LogP contribution in [0.4, 0.5) is 0 Å². The highest BCUT2D eigenvalue weighted by Crippen LogP contribution is 2.76. The molecule has 0 radical (unpaired) electrons. The molecule has 67 heavy (non-hydrogen) atoms. The quantitative estimate of drug-likeness (QED) is 0.0773. The number of allylic oxidation sites excluding steroid dienone is 2. The summed E-state index contributed by atoms with van der Waals surface area (Å²) in [6.07, 6.45) is -20.0. The molecule has 26 atom stereocenters. The third-order valence-electron chi connectivity index (χ3n) is 18.7. The highest BCUT2D eigenvalue weighted by Gasteiger charge is 2.74. The van der Waals surface area contributed by atoms with Crippen LogP contribution >= 0.6 is 0 Å². The Morgan fingerprint density at radius 1 is 0.642 bits per heavy atom. The van der Waals surface area contributed by atoms with Crippen LogP contribution < -0.4 is 0 Å². The SMILES string of the molecule is CC(C)=CCC[C@@](C)(O[C@H]1O[C@@H](CO)[C@H](O)[C@@H](O)[C@@H]1O)[C@@H]1CC[C@@]2(C)[C@H]1[C@@H](O)C[C@H]1[C@]3(C)CC[C@@H](O)C(C)(C)[C@H]3[C@H](O[C@H]3O[C@@H](CO)[C@H](O)[C@@H](O)[C@H]3O[C@@H]3O[C@@H](CO)[C@H](O)[C@@H](O)[C@@H]3O)C[C@@]12C. The van der Waals surface area contributed by atoms with Crippen molar-refractivity contribution in [3.05, 3.63) is 11.6 Å². The number of aliphatic hydroxyl groups is 13. The summed E-state index contributed by atoms with van der Waals surface area (Å²) in [5.74, 6) is -1.22. The van der Waals surface area contributed by atoms with E-state index in [-0.39, 0.29) is 17.8 Å². The van der Waals surface area contributed by atoms with E-state index in [0.717, 1.165) is 5.57 Å². The highest BCUT2D eigenvalue weighted by atomic mass is 16.8. The lowest BCUT2D eigenvalue weighted by Gasteiger charge is -2.72. The van der Waals surface area contributed by atoms with Crippen LogP contribution in [0.2, 0.25) is 0 Å². The second kappa shape index (κ2) is 19.8. The summed E-state index contributed by atoms with van der Waals surface area (Å²) in [4.78, 5) is 0. The van der Waals surface area contributed by atoms with Gasteiger partial charge in [-0.15, -0.1) is 0 Å². The van der Waals surface area contributed by atoms with E-state index in [2.05, 4.69) is 26.8 Å². The Balaban J connectivity index is 1.27. The molecular weight excluding hydrogens is 881 g/mol. The van der Waals surface area contributed by atoms with Crippen molar-refractivity contribution in [3.8, 4) is 0 Å². The summed E-state index contributed by atoms with van der Waals surface area (Å²) in [6.45, 7) is 14.4. The lowest BCUT2D eigenvalue weighted by Crippen LogP contribution is -2.71. The number of ether oxygens (including phenoxy) is 6. The van der Waals surface area contributed by atoms with Gasteiger partial charge in [-0.25, -0.2) is 0 Å². The van der Waals surface area contributed by atoms with E-state index in [1.807, 2.05) is 34.6 Å². The first kappa shape index (κ1) is 53.8. The normalized spacial score (nSPS) is 52.9. The first-order valence-corrected chi connectivity index (χ1v) is 24.5. The van der Waals surface area contributed by atoms with E-state index in [9.17, 15) is 66.4 Å². The molecule has 0 aromatic carbocycles. The van der Waals surface area contributed by atoms with Gasteiger partial charge in [0.1, 0.15) is 73.2 Å². The van der Waals surface area contributed by atoms with Crippen LogP contribution in [0.5, 0.6) is 0 Å². The lowest BCUT2D eigenvalue weighted by molar-refractivity contribution is -0.383. The van der Waals surface area contributed by atoms with Crippen molar-refractivity contribution in [2.75, 3.05) is 19.8 Å². The van der Waals surface area contributed by atoms with Crippen LogP contribution in [-0.4, -0.2) is 202 Å². The topological polar surface area (TPSA) is 318 Å². The fourth-order valence-corrected chi connectivity index (χ4v) is 14.9. The Hall–Kier alpha value is -1.02. The molecule has 13 N–H and O–H groups in total. The average Bonchev–Trinajstić information content (AvgIpc) is 3.66. The van der Waals surface area contributed by atoms with Crippen molar-refractivity contribution in [2.45, 2.75) is 223 Å². The molecule has 0 bridgehead atoms. The molecule has 0 aromatic rings. The highest BCUT2D eigenvalue weighted by molar-refractivity contribution is 5.22. The monoisotopic (exact) mass is 963 g/mol. The zero-order chi connectivity index (χ0) is 49.5. The number of aliphatic hydroxyl groups excluding tert-OH is 13. The van der Waals surface area contributed by atoms with E-state index < -0.39 is 163 Å². The van der Waals surface area contributed by atoms with Crippen LogP contribution in [0, 0.1) is 45.3 Å². The first-order valence-electron chi connectivity index (χ1n) is 24.5. The van der Waals surface area contributed by atoms with Gasteiger partial charge in [0.25, 0.3) is 0 Å². The van der Waals surface area contributed by atoms with E-state index >= 15 is 0 Å². The van der Waals surface area contributed by atoms with Gasteiger partial charge < -0.3 is 94.8 Å². The third-order valence-corrected chi connectivity index (χ3v) is 18.7. The maximum atomic E-state index is 12.7. The maximum absolute atomic E-state index is 12.7.